The van der Waals surface area contributed by atoms with Crippen molar-refractivity contribution in [3.8, 4) is 0 Å². The van der Waals surface area contributed by atoms with E-state index in [1.165, 1.54) is 11.1 Å². The van der Waals surface area contributed by atoms with E-state index in [2.05, 4.69) is 51.7 Å². The fourth-order valence-corrected chi connectivity index (χ4v) is 3.66. The first-order valence-electron chi connectivity index (χ1n) is 10.2. The second-order valence-electron chi connectivity index (χ2n) is 7.43. The fourth-order valence-electron chi connectivity index (χ4n) is 3.66. The molecule has 1 fully saturated rings. The van der Waals surface area contributed by atoms with Crippen molar-refractivity contribution in [3.05, 3.63) is 35.4 Å². The maximum atomic E-state index is 5.79. The zero-order chi connectivity index (χ0) is 18.9. The first-order chi connectivity index (χ1) is 13.3. The number of ether oxygens (including phenoxy) is 2. The number of benzene rings is 1. The minimum absolute atomic E-state index is 0. The molecule has 7 heteroatoms. The Morgan fingerprint density at radius 3 is 2.89 bits per heavy atom. The van der Waals surface area contributed by atoms with Gasteiger partial charge in [0.05, 0.1) is 12.7 Å². The van der Waals surface area contributed by atoms with Crippen LogP contribution in [0, 0.1) is 0 Å². The lowest BCUT2D eigenvalue weighted by molar-refractivity contribution is 0.0420. The van der Waals surface area contributed by atoms with Crippen LogP contribution in [0.1, 0.15) is 30.9 Å². The smallest absolute Gasteiger partial charge is 0.191 e. The molecule has 0 bridgehead atoms. The van der Waals surface area contributed by atoms with Crippen LogP contribution >= 0.6 is 24.0 Å². The molecule has 1 aromatic rings. The normalized spacial score (nSPS) is 20.9. The number of aliphatic imine (C=N–C) groups is 1. The van der Waals surface area contributed by atoms with Gasteiger partial charge >= 0.3 is 0 Å². The van der Waals surface area contributed by atoms with Crippen molar-refractivity contribution in [2.75, 3.05) is 46.5 Å². The molecule has 158 valence electrons. The number of rotatable bonds is 8. The van der Waals surface area contributed by atoms with Crippen molar-refractivity contribution in [1.29, 1.82) is 0 Å². The van der Waals surface area contributed by atoms with Crippen molar-refractivity contribution in [1.82, 2.24) is 15.5 Å². The van der Waals surface area contributed by atoms with Crippen molar-refractivity contribution < 1.29 is 9.47 Å². The van der Waals surface area contributed by atoms with E-state index in [1.54, 1.807) is 0 Å². The standard InChI is InChI=1S/C21H34N4O2.HI/c1-17(25-11-8-18-6-3-4-7-19(18)15-25)14-24-21(22-2)23-10-5-12-27-20-9-13-26-16-20;/h3-4,6-7,17,20H,5,8-16H2,1-2H3,(H2,22,23,24);1H. The quantitative estimate of drug-likeness (QED) is 0.248. The minimum atomic E-state index is 0. The van der Waals surface area contributed by atoms with E-state index in [0.717, 1.165) is 71.2 Å². The third-order valence-corrected chi connectivity index (χ3v) is 5.43. The Balaban J connectivity index is 0.00000280. The summed E-state index contributed by atoms with van der Waals surface area (Å²) in [5.74, 6) is 0.864. The largest absolute Gasteiger partial charge is 0.379 e. The lowest BCUT2D eigenvalue weighted by Crippen LogP contribution is -2.47. The van der Waals surface area contributed by atoms with Crippen molar-refractivity contribution >= 4 is 29.9 Å². The van der Waals surface area contributed by atoms with Crippen LogP contribution in [0.5, 0.6) is 0 Å². The van der Waals surface area contributed by atoms with Gasteiger partial charge < -0.3 is 20.1 Å². The zero-order valence-corrected chi connectivity index (χ0v) is 19.5. The molecule has 1 saturated heterocycles. The molecule has 2 N–H and O–H groups in total. The van der Waals surface area contributed by atoms with Gasteiger partial charge in [-0.1, -0.05) is 24.3 Å². The molecule has 2 aliphatic heterocycles. The number of fused-ring (bicyclic) bond motifs is 1. The van der Waals surface area contributed by atoms with Crippen LogP contribution in [0.15, 0.2) is 29.3 Å². The Labute approximate surface area is 186 Å². The van der Waals surface area contributed by atoms with Crippen LogP contribution in [0.25, 0.3) is 0 Å². The van der Waals surface area contributed by atoms with Crippen LogP contribution in [-0.4, -0.2) is 69.5 Å². The van der Waals surface area contributed by atoms with Crippen molar-refractivity contribution in [2.24, 2.45) is 4.99 Å². The molecule has 0 amide bonds. The fraction of sp³-hybridized carbons (Fsp3) is 0.667. The Morgan fingerprint density at radius 2 is 2.14 bits per heavy atom. The number of nitrogens with zero attached hydrogens (tertiary/aromatic N) is 2. The summed E-state index contributed by atoms with van der Waals surface area (Å²) in [7, 11) is 1.82. The average molecular weight is 502 g/mol. The van der Waals surface area contributed by atoms with Crippen LogP contribution in [0.2, 0.25) is 0 Å². The molecule has 2 heterocycles. The molecule has 6 nitrogen and oxygen atoms in total. The van der Waals surface area contributed by atoms with Crippen LogP contribution < -0.4 is 10.6 Å². The van der Waals surface area contributed by atoms with Gasteiger partial charge in [-0.3, -0.25) is 9.89 Å². The first kappa shape index (κ1) is 23.4. The van der Waals surface area contributed by atoms with Gasteiger partial charge in [0.25, 0.3) is 0 Å². The Morgan fingerprint density at radius 1 is 1.32 bits per heavy atom. The molecule has 2 unspecified atom stereocenters. The van der Waals surface area contributed by atoms with E-state index in [9.17, 15) is 0 Å². The van der Waals surface area contributed by atoms with Gasteiger partial charge in [0.15, 0.2) is 5.96 Å². The van der Waals surface area contributed by atoms with Gasteiger partial charge in [0.2, 0.25) is 0 Å². The summed E-state index contributed by atoms with van der Waals surface area (Å²) in [4.78, 5) is 6.87. The van der Waals surface area contributed by atoms with Gasteiger partial charge in [-0.15, -0.1) is 24.0 Å². The molecule has 0 radical (unpaired) electrons. The molecule has 0 saturated carbocycles. The van der Waals surface area contributed by atoms with Crippen molar-refractivity contribution in [3.63, 3.8) is 0 Å². The molecule has 2 atom stereocenters. The molecule has 0 spiro atoms. The van der Waals surface area contributed by atoms with Gasteiger partial charge in [0, 0.05) is 52.5 Å². The summed E-state index contributed by atoms with van der Waals surface area (Å²) >= 11 is 0. The van der Waals surface area contributed by atoms with Crippen molar-refractivity contribution in [2.45, 2.75) is 44.9 Å². The highest BCUT2D eigenvalue weighted by Gasteiger charge is 2.20. The van der Waals surface area contributed by atoms with E-state index in [1.807, 2.05) is 7.05 Å². The highest BCUT2D eigenvalue weighted by atomic mass is 127. The van der Waals surface area contributed by atoms with E-state index in [4.69, 9.17) is 9.47 Å². The molecule has 0 aliphatic carbocycles. The predicted molar refractivity (Wildman–Crippen MR) is 125 cm³/mol. The maximum Gasteiger partial charge on any atom is 0.191 e. The molecular weight excluding hydrogens is 467 g/mol. The Kier molecular flexibility index (Phi) is 10.5. The lowest BCUT2D eigenvalue weighted by Gasteiger charge is -2.34. The summed E-state index contributed by atoms with van der Waals surface area (Å²) in [6.07, 6.45) is 3.42. The molecular formula is C21H35IN4O2. The minimum Gasteiger partial charge on any atom is -0.379 e. The molecule has 1 aromatic carbocycles. The maximum absolute atomic E-state index is 5.79. The molecule has 28 heavy (non-hydrogen) atoms. The highest BCUT2D eigenvalue weighted by molar-refractivity contribution is 14.0. The van der Waals surface area contributed by atoms with Crippen LogP contribution in [0.4, 0.5) is 0 Å². The molecule has 0 aromatic heterocycles. The first-order valence-corrected chi connectivity index (χ1v) is 10.2. The number of halogens is 1. The summed E-state index contributed by atoms with van der Waals surface area (Å²) in [6.45, 7) is 8.53. The molecule has 2 aliphatic rings. The number of hydrogen-bond acceptors (Lipinski definition) is 4. The monoisotopic (exact) mass is 502 g/mol. The van der Waals surface area contributed by atoms with E-state index < -0.39 is 0 Å². The SMILES string of the molecule is CN=C(NCCCOC1CCOC1)NCC(C)N1CCc2ccccc2C1.I. The topological polar surface area (TPSA) is 58.1 Å². The van der Waals surface area contributed by atoms with E-state index in [0.29, 0.717) is 6.04 Å². The van der Waals surface area contributed by atoms with Gasteiger partial charge in [0.1, 0.15) is 0 Å². The lowest BCUT2D eigenvalue weighted by atomic mass is 9.99. The summed E-state index contributed by atoms with van der Waals surface area (Å²) in [5, 5.41) is 6.84. The van der Waals surface area contributed by atoms with Gasteiger partial charge in [-0.05, 0) is 37.3 Å². The highest BCUT2D eigenvalue weighted by Crippen LogP contribution is 2.19. The molecule has 3 rings (SSSR count). The summed E-state index contributed by atoms with van der Waals surface area (Å²) < 4.78 is 11.1. The van der Waals surface area contributed by atoms with Gasteiger partial charge in [-0.2, -0.15) is 0 Å². The van der Waals surface area contributed by atoms with Gasteiger partial charge in [-0.25, -0.2) is 0 Å². The predicted octanol–water partition coefficient (Wildman–Crippen LogP) is 2.41. The second kappa shape index (κ2) is 12.6. The summed E-state index contributed by atoms with van der Waals surface area (Å²) in [5.41, 5.74) is 2.96. The number of guanidine groups is 1. The Hall–Kier alpha value is -0.900. The average Bonchev–Trinajstić information content (AvgIpc) is 3.23. The van der Waals surface area contributed by atoms with Crippen LogP contribution in [0.3, 0.4) is 0 Å². The Bertz CT molecular complexity index is 608. The summed E-state index contributed by atoms with van der Waals surface area (Å²) in [6, 6.07) is 9.25. The number of hydrogen-bond donors (Lipinski definition) is 2. The second-order valence-corrected chi connectivity index (χ2v) is 7.43. The van der Waals surface area contributed by atoms with Crippen LogP contribution in [-0.2, 0) is 22.4 Å². The zero-order valence-electron chi connectivity index (χ0n) is 17.2. The third kappa shape index (κ3) is 7.17. The van der Waals surface area contributed by atoms with E-state index in [-0.39, 0.29) is 30.1 Å². The third-order valence-electron chi connectivity index (χ3n) is 5.43. The number of nitrogens with one attached hydrogen (secondary N) is 2. The van der Waals surface area contributed by atoms with E-state index >= 15 is 0 Å².